The van der Waals surface area contributed by atoms with Crippen LogP contribution in [0.1, 0.15) is 20.3 Å². The number of hydrogen-bond donors (Lipinski definition) is 0. The highest BCUT2D eigenvalue weighted by atomic mass is 16.6. The van der Waals surface area contributed by atoms with E-state index >= 15 is 0 Å². The fourth-order valence-electron chi connectivity index (χ4n) is 0.317. The summed E-state index contributed by atoms with van der Waals surface area (Å²) in [6.45, 7) is 4.19. The molecule has 0 spiro atoms. The number of aldehydes is 1. The van der Waals surface area contributed by atoms with Crippen molar-refractivity contribution in [3.8, 4) is 0 Å². The Morgan fingerprint density at radius 1 is 1.67 bits per heavy atom. The molecule has 0 bridgehead atoms. The minimum Gasteiger partial charge on any atom is -0.396 e. The average molecular weight is 129 g/mol. The van der Waals surface area contributed by atoms with E-state index in [1.54, 1.807) is 0 Å². The molecule has 0 unspecified atom stereocenters. The summed E-state index contributed by atoms with van der Waals surface area (Å²) in [7, 11) is 0. The van der Waals surface area contributed by atoms with Crippen LogP contribution in [0.5, 0.6) is 0 Å². The van der Waals surface area contributed by atoms with Crippen LogP contribution in [0.25, 0.3) is 0 Å². The molecule has 0 aliphatic heterocycles. The van der Waals surface area contributed by atoms with Gasteiger partial charge in [-0.1, -0.05) is 12.1 Å². The van der Waals surface area contributed by atoms with Crippen molar-refractivity contribution in [1.82, 2.24) is 0 Å². The van der Waals surface area contributed by atoms with Crippen LogP contribution in [-0.4, -0.2) is 18.6 Å². The van der Waals surface area contributed by atoms with Crippen molar-refractivity contribution in [2.45, 2.75) is 20.3 Å². The lowest BCUT2D eigenvalue weighted by Gasteiger charge is -1.92. The van der Waals surface area contributed by atoms with Crippen molar-refractivity contribution in [2.75, 3.05) is 6.61 Å². The van der Waals surface area contributed by atoms with Gasteiger partial charge in [0.15, 0.2) is 6.29 Å². The zero-order valence-corrected chi connectivity index (χ0v) is 5.76. The zero-order chi connectivity index (χ0) is 7.11. The van der Waals surface area contributed by atoms with Crippen LogP contribution >= 0.6 is 0 Å². The molecule has 0 aliphatic rings. The summed E-state index contributed by atoms with van der Waals surface area (Å²) in [4.78, 5) is 14.7. The van der Waals surface area contributed by atoms with Crippen LogP contribution in [0.15, 0.2) is 5.16 Å². The minimum absolute atomic E-state index is 0.455. The van der Waals surface area contributed by atoms with Gasteiger partial charge in [-0.25, -0.2) is 0 Å². The van der Waals surface area contributed by atoms with Gasteiger partial charge < -0.3 is 4.84 Å². The van der Waals surface area contributed by atoms with E-state index in [1.807, 2.05) is 13.8 Å². The number of hydrogen-bond acceptors (Lipinski definition) is 3. The molecule has 0 radical (unpaired) electrons. The van der Waals surface area contributed by atoms with Crippen molar-refractivity contribution in [1.29, 1.82) is 0 Å². The van der Waals surface area contributed by atoms with Gasteiger partial charge in [-0.2, -0.15) is 0 Å². The average Bonchev–Trinajstić information content (AvgIpc) is 1.91. The normalized spacial score (nSPS) is 11.1. The third-order valence-corrected chi connectivity index (χ3v) is 0.809. The van der Waals surface area contributed by atoms with Crippen LogP contribution in [0.2, 0.25) is 0 Å². The molecule has 0 amide bonds. The Balaban J connectivity index is 3.61. The Morgan fingerprint density at radius 2 is 2.33 bits per heavy atom. The maximum Gasteiger partial charge on any atom is 0.167 e. The molecule has 0 aromatic rings. The molecule has 0 saturated heterocycles. The molecule has 0 aliphatic carbocycles. The highest BCUT2D eigenvalue weighted by Crippen LogP contribution is 1.82. The van der Waals surface area contributed by atoms with Crippen LogP contribution < -0.4 is 0 Å². The van der Waals surface area contributed by atoms with Crippen molar-refractivity contribution < 1.29 is 9.63 Å². The lowest BCUT2D eigenvalue weighted by Crippen LogP contribution is -1.98. The first-order valence-electron chi connectivity index (χ1n) is 2.99. The summed E-state index contributed by atoms with van der Waals surface area (Å²) in [5, 5.41) is 3.53. The van der Waals surface area contributed by atoms with E-state index in [2.05, 4.69) is 9.99 Å². The Labute approximate surface area is 54.7 Å². The number of rotatable bonds is 4. The van der Waals surface area contributed by atoms with E-state index < -0.39 is 0 Å². The van der Waals surface area contributed by atoms with Gasteiger partial charge in [0.2, 0.25) is 0 Å². The molecule has 0 N–H and O–H groups in total. The summed E-state index contributed by atoms with van der Waals surface area (Å²) in [5.74, 6) is 0. The number of carbonyl (C=O) groups is 1. The maximum absolute atomic E-state index is 10.0. The fraction of sp³-hybridized carbons (Fsp3) is 0.667. The van der Waals surface area contributed by atoms with Crippen molar-refractivity contribution >= 4 is 12.0 Å². The summed E-state index contributed by atoms with van der Waals surface area (Å²) >= 11 is 0. The molecule has 0 rings (SSSR count). The van der Waals surface area contributed by atoms with Crippen LogP contribution in [0.3, 0.4) is 0 Å². The topological polar surface area (TPSA) is 38.7 Å². The third kappa shape index (κ3) is 3.70. The Bertz CT molecular complexity index is 110. The smallest absolute Gasteiger partial charge is 0.167 e. The lowest BCUT2D eigenvalue weighted by molar-refractivity contribution is -0.103. The molecule has 0 aromatic carbocycles. The molecular weight excluding hydrogens is 118 g/mol. The molecule has 52 valence electrons. The molecule has 0 aromatic heterocycles. The lowest BCUT2D eigenvalue weighted by atomic mass is 10.3. The quantitative estimate of drug-likeness (QED) is 0.322. The summed E-state index contributed by atoms with van der Waals surface area (Å²) < 4.78 is 0. The second-order valence-corrected chi connectivity index (χ2v) is 1.47. The molecule has 0 fully saturated rings. The molecule has 0 atom stereocenters. The number of carbonyl (C=O) groups excluding carboxylic acids is 1. The first-order chi connectivity index (χ1) is 4.35. The second-order valence-electron chi connectivity index (χ2n) is 1.47. The van der Waals surface area contributed by atoms with E-state index in [9.17, 15) is 4.79 Å². The van der Waals surface area contributed by atoms with E-state index in [4.69, 9.17) is 0 Å². The predicted molar refractivity (Wildman–Crippen MR) is 35.4 cm³/mol. The summed E-state index contributed by atoms with van der Waals surface area (Å²) in [5.41, 5.74) is 0.455. The monoisotopic (exact) mass is 129 g/mol. The van der Waals surface area contributed by atoms with Crippen LogP contribution in [0.4, 0.5) is 0 Å². The predicted octanol–water partition coefficient (Wildman–Crippen LogP) is 0.988. The van der Waals surface area contributed by atoms with E-state index in [-0.39, 0.29) is 0 Å². The van der Waals surface area contributed by atoms with Gasteiger partial charge >= 0.3 is 0 Å². The minimum atomic E-state index is 0.455. The maximum atomic E-state index is 10.0. The molecule has 9 heavy (non-hydrogen) atoms. The second kappa shape index (κ2) is 5.28. The number of oxime groups is 1. The van der Waals surface area contributed by atoms with Crippen molar-refractivity contribution in [2.24, 2.45) is 5.16 Å². The largest absolute Gasteiger partial charge is 0.396 e. The number of nitrogens with zero attached hydrogens (tertiary/aromatic N) is 1. The summed E-state index contributed by atoms with van der Waals surface area (Å²) in [6, 6.07) is 0. The van der Waals surface area contributed by atoms with E-state index in [0.717, 1.165) is 0 Å². The van der Waals surface area contributed by atoms with Crippen LogP contribution in [-0.2, 0) is 9.63 Å². The Morgan fingerprint density at radius 3 is 2.67 bits per heavy atom. The standard InChI is InChI=1S/C6H11NO2/c1-3-6(5-8)7-9-4-2/h5H,3-4H2,1-2H3. The summed E-state index contributed by atoms with van der Waals surface area (Å²) in [6.07, 6.45) is 1.33. The molecule has 3 heteroatoms. The Hall–Kier alpha value is -0.860. The zero-order valence-electron chi connectivity index (χ0n) is 5.76. The SMILES string of the molecule is CCON=C(C=O)CC. The first kappa shape index (κ1) is 8.14. The molecule has 0 saturated carbocycles. The van der Waals surface area contributed by atoms with E-state index in [0.29, 0.717) is 25.0 Å². The molecular formula is C6H11NO2. The van der Waals surface area contributed by atoms with Gasteiger partial charge in [0.1, 0.15) is 12.3 Å². The molecule has 3 nitrogen and oxygen atoms in total. The highest BCUT2D eigenvalue weighted by molar-refractivity contribution is 6.27. The highest BCUT2D eigenvalue weighted by Gasteiger charge is 1.90. The Kier molecular flexibility index (Phi) is 4.78. The molecule has 0 heterocycles. The van der Waals surface area contributed by atoms with Gasteiger partial charge in [-0.3, -0.25) is 4.79 Å². The third-order valence-electron chi connectivity index (χ3n) is 0.809. The first-order valence-corrected chi connectivity index (χ1v) is 2.99. The van der Waals surface area contributed by atoms with Gasteiger partial charge in [0, 0.05) is 0 Å². The van der Waals surface area contributed by atoms with Gasteiger partial charge in [0.25, 0.3) is 0 Å². The van der Waals surface area contributed by atoms with Crippen molar-refractivity contribution in [3.63, 3.8) is 0 Å². The van der Waals surface area contributed by atoms with Gasteiger partial charge in [-0.05, 0) is 13.3 Å². The fourth-order valence-corrected chi connectivity index (χ4v) is 0.317. The van der Waals surface area contributed by atoms with Gasteiger partial charge in [-0.15, -0.1) is 0 Å². The van der Waals surface area contributed by atoms with Gasteiger partial charge in [0.05, 0.1) is 0 Å². The van der Waals surface area contributed by atoms with Crippen molar-refractivity contribution in [3.05, 3.63) is 0 Å². The van der Waals surface area contributed by atoms with E-state index in [1.165, 1.54) is 0 Å². The van der Waals surface area contributed by atoms with Crippen LogP contribution in [0, 0.1) is 0 Å².